The van der Waals surface area contributed by atoms with Gasteiger partial charge in [0.05, 0.1) is 18.1 Å². The summed E-state index contributed by atoms with van der Waals surface area (Å²) < 4.78 is 9.81. The molecule has 2 heterocycles. The smallest absolute Gasteiger partial charge is 0.413 e. The second-order valence-electron chi connectivity index (χ2n) is 5.03. The third-order valence-electron chi connectivity index (χ3n) is 3.40. The first-order valence-electron chi connectivity index (χ1n) is 7.30. The number of methoxy groups -OCH3 is 1. The molecule has 3 amide bonds. The largest absolute Gasteiger partial charge is 0.453 e. The summed E-state index contributed by atoms with van der Waals surface area (Å²) in [7, 11) is 1.13. The third-order valence-corrected chi connectivity index (χ3v) is 4.23. The first-order chi connectivity index (χ1) is 12.5. The monoisotopic (exact) mass is 372 g/mol. The molecule has 0 aliphatic rings. The summed E-state index contributed by atoms with van der Waals surface area (Å²) in [6, 6.07) is 9.07. The maximum absolute atomic E-state index is 12.4. The fourth-order valence-electron chi connectivity index (χ4n) is 2.18. The van der Waals surface area contributed by atoms with Gasteiger partial charge in [-0.15, -0.1) is 11.3 Å². The van der Waals surface area contributed by atoms with E-state index in [-0.39, 0.29) is 27.3 Å². The standard InChI is InChI=1S/C17H12N2O6S/c1-24-17(23)19-14(21)10-6-7-26-16(10)18-15(22)13-8-11(20)9-4-2-3-5-12(9)25-13/h2-8H,1H3,(H,18,22)(H,19,21,23). The summed E-state index contributed by atoms with van der Waals surface area (Å²) in [6.45, 7) is 0. The Hall–Kier alpha value is -3.46. The highest BCUT2D eigenvalue weighted by Crippen LogP contribution is 2.24. The van der Waals surface area contributed by atoms with Gasteiger partial charge < -0.3 is 14.5 Å². The van der Waals surface area contributed by atoms with Crippen LogP contribution in [0, 0.1) is 0 Å². The lowest BCUT2D eigenvalue weighted by Crippen LogP contribution is -2.30. The molecule has 2 aromatic heterocycles. The molecule has 3 rings (SSSR count). The van der Waals surface area contributed by atoms with Crippen molar-refractivity contribution in [2.75, 3.05) is 12.4 Å². The van der Waals surface area contributed by atoms with Crippen LogP contribution in [0.3, 0.4) is 0 Å². The minimum absolute atomic E-state index is 0.0805. The molecule has 0 unspecified atom stereocenters. The van der Waals surface area contributed by atoms with Crippen LogP contribution in [-0.2, 0) is 4.74 Å². The van der Waals surface area contributed by atoms with Crippen LogP contribution >= 0.6 is 11.3 Å². The first-order valence-corrected chi connectivity index (χ1v) is 8.18. The Balaban J connectivity index is 1.85. The number of carbonyl (C=O) groups excluding carboxylic acids is 3. The van der Waals surface area contributed by atoms with E-state index in [1.165, 1.54) is 6.07 Å². The van der Waals surface area contributed by atoms with Gasteiger partial charge in [0.25, 0.3) is 11.8 Å². The molecule has 9 heteroatoms. The fraction of sp³-hybridized carbons (Fsp3) is 0.0588. The molecule has 0 aliphatic carbocycles. The van der Waals surface area contributed by atoms with E-state index in [0.29, 0.717) is 5.39 Å². The van der Waals surface area contributed by atoms with Crippen LogP contribution in [0.1, 0.15) is 20.9 Å². The van der Waals surface area contributed by atoms with E-state index in [4.69, 9.17) is 4.42 Å². The van der Waals surface area contributed by atoms with Crippen molar-refractivity contribution in [2.24, 2.45) is 0 Å². The Morgan fingerprint density at radius 3 is 2.65 bits per heavy atom. The molecular formula is C17H12N2O6S. The average Bonchev–Trinajstić information content (AvgIpc) is 3.09. The van der Waals surface area contributed by atoms with Crippen LogP contribution in [0.4, 0.5) is 9.80 Å². The van der Waals surface area contributed by atoms with Gasteiger partial charge in [-0.2, -0.15) is 0 Å². The molecule has 0 spiro atoms. The number of hydrogen-bond donors (Lipinski definition) is 2. The van der Waals surface area contributed by atoms with Crippen molar-refractivity contribution in [2.45, 2.75) is 0 Å². The molecule has 26 heavy (non-hydrogen) atoms. The van der Waals surface area contributed by atoms with Gasteiger partial charge in [0.2, 0.25) is 0 Å². The molecule has 132 valence electrons. The Kier molecular flexibility index (Phi) is 4.81. The summed E-state index contributed by atoms with van der Waals surface area (Å²) in [6.07, 6.45) is -0.918. The van der Waals surface area contributed by atoms with E-state index in [1.807, 2.05) is 5.32 Å². The van der Waals surface area contributed by atoms with Gasteiger partial charge in [-0.25, -0.2) is 4.79 Å². The lowest BCUT2D eigenvalue weighted by molar-refractivity contribution is 0.0938. The van der Waals surface area contributed by atoms with Gasteiger partial charge in [0, 0.05) is 6.07 Å². The summed E-state index contributed by atoms with van der Waals surface area (Å²) in [4.78, 5) is 47.6. The van der Waals surface area contributed by atoms with Crippen LogP contribution in [0.2, 0.25) is 0 Å². The second-order valence-corrected chi connectivity index (χ2v) is 5.95. The summed E-state index contributed by atoms with van der Waals surface area (Å²) in [5.74, 6) is -1.61. The summed E-state index contributed by atoms with van der Waals surface area (Å²) in [5.41, 5.74) is 0.00344. The third kappa shape index (κ3) is 3.47. The van der Waals surface area contributed by atoms with E-state index >= 15 is 0 Å². The highest BCUT2D eigenvalue weighted by Gasteiger charge is 2.19. The number of thiophene rings is 1. The molecule has 0 atom stereocenters. The number of para-hydroxylation sites is 1. The van der Waals surface area contributed by atoms with E-state index in [2.05, 4.69) is 10.1 Å². The number of amides is 3. The van der Waals surface area contributed by atoms with Crippen LogP contribution in [0.25, 0.3) is 11.0 Å². The fourth-order valence-corrected chi connectivity index (χ4v) is 2.96. The molecule has 0 bridgehead atoms. The number of nitrogens with one attached hydrogen (secondary N) is 2. The van der Waals surface area contributed by atoms with Crippen molar-refractivity contribution in [1.29, 1.82) is 0 Å². The number of anilines is 1. The lowest BCUT2D eigenvalue weighted by Gasteiger charge is -2.06. The van der Waals surface area contributed by atoms with E-state index in [1.54, 1.807) is 29.6 Å². The summed E-state index contributed by atoms with van der Waals surface area (Å²) in [5, 5.41) is 6.63. The Bertz CT molecular complexity index is 1070. The Morgan fingerprint density at radius 1 is 1.12 bits per heavy atom. The number of fused-ring (bicyclic) bond motifs is 1. The zero-order valence-electron chi connectivity index (χ0n) is 13.4. The highest BCUT2D eigenvalue weighted by molar-refractivity contribution is 7.14. The number of alkyl carbamates (subject to hydrolysis) is 1. The minimum atomic E-state index is -0.918. The second kappa shape index (κ2) is 7.19. The molecular weight excluding hydrogens is 360 g/mol. The van der Waals surface area contributed by atoms with Crippen molar-refractivity contribution in [3.05, 3.63) is 63.3 Å². The molecule has 2 N–H and O–H groups in total. The van der Waals surface area contributed by atoms with Crippen LogP contribution in [0.5, 0.6) is 0 Å². The normalized spacial score (nSPS) is 10.3. The molecule has 0 saturated heterocycles. The molecule has 0 aliphatic heterocycles. The van der Waals surface area contributed by atoms with Crippen molar-refractivity contribution in [3.63, 3.8) is 0 Å². The quantitative estimate of drug-likeness (QED) is 0.730. The zero-order chi connectivity index (χ0) is 18.7. The molecule has 3 aromatic rings. The SMILES string of the molecule is COC(=O)NC(=O)c1ccsc1NC(=O)c1cc(=O)c2ccccc2o1. The number of hydrogen-bond acceptors (Lipinski definition) is 7. The number of benzene rings is 1. The predicted octanol–water partition coefficient (Wildman–Crippen LogP) is 2.60. The molecule has 0 fully saturated rings. The molecule has 1 aromatic carbocycles. The predicted molar refractivity (Wildman–Crippen MR) is 94.6 cm³/mol. The number of ether oxygens (including phenoxy) is 1. The molecule has 8 nitrogen and oxygen atoms in total. The summed E-state index contributed by atoms with van der Waals surface area (Å²) >= 11 is 1.08. The van der Waals surface area contributed by atoms with Gasteiger partial charge in [0.15, 0.2) is 11.2 Å². The van der Waals surface area contributed by atoms with Crippen molar-refractivity contribution >= 4 is 45.2 Å². The Labute approximate surface area is 150 Å². The zero-order valence-corrected chi connectivity index (χ0v) is 14.2. The van der Waals surface area contributed by atoms with Gasteiger partial charge >= 0.3 is 6.09 Å². The maximum atomic E-state index is 12.4. The molecule has 0 saturated carbocycles. The molecule has 0 radical (unpaired) electrons. The number of carbonyl (C=O) groups is 3. The van der Waals surface area contributed by atoms with Gasteiger partial charge in [-0.3, -0.25) is 19.7 Å². The van der Waals surface area contributed by atoms with Gasteiger partial charge in [-0.05, 0) is 23.6 Å². The maximum Gasteiger partial charge on any atom is 0.413 e. The van der Waals surface area contributed by atoms with Crippen LogP contribution in [0.15, 0.2) is 51.0 Å². The topological polar surface area (TPSA) is 115 Å². The van der Waals surface area contributed by atoms with Crippen molar-refractivity contribution in [3.8, 4) is 0 Å². The van der Waals surface area contributed by atoms with Gasteiger partial charge in [0.1, 0.15) is 10.6 Å². The van der Waals surface area contributed by atoms with Crippen LogP contribution in [-0.4, -0.2) is 25.0 Å². The van der Waals surface area contributed by atoms with E-state index in [0.717, 1.165) is 24.5 Å². The number of imide groups is 1. The van der Waals surface area contributed by atoms with E-state index < -0.39 is 17.9 Å². The highest BCUT2D eigenvalue weighted by atomic mass is 32.1. The first kappa shape index (κ1) is 17.4. The minimum Gasteiger partial charge on any atom is -0.453 e. The van der Waals surface area contributed by atoms with Crippen LogP contribution < -0.4 is 16.1 Å². The van der Waals surface area contributed by atoms with Crippen molar-refractivity contribution < 1.29 is 23.5 Å². The average molecular weight is 372 g/mol. The lowest BCUT2D eigenvalue weighted by atomic mass is 10.2. The van der Waals surface area contributed by atoms with Crippen molar-refractivity contribution in [1.82, 2.24) is 5.32 Å². The van der Waals surface area contributed by atoms with Gasteiger partial charge in [-0.1, -0.05) is 12.1 Å². The Morgan fingerprint density at radius 2 is 1.88 bits per heavy atom. The number of rotatable bonds is 3. The van der Waals surface area contributed by atoms with E-state index in [9.17, 15) is 19.2 Å².